The smallest absolute Gasteiger partial charge is 0.329 e. The summed E-state index contributed by atoms with van der Waals surface area (Å²) >= 11 is 0. The van der Waals surface area contributed by atoms with Gasteiger partial charge in [0.05, 0.1) is 6.20 Å². The highest BCUT2D eigenvalue weighted by Gasteiger charge is 2.24. The van der Waals surface area contributed by atoms with E-state index in [4.69, 9.17) is 9.15 Å². The maximum Gasteiger partial charge on any atom is 0.329 e. The highest BCUT2D eigenvalue weighted by atomic mass is 16.5. The van der Waals surface area contributed by atoms with Gasteiger partial charge in [-0.25, -0.2) is 9.78 Å². The lowest BCUT2D eigenvalue weighted by Gasteiger charge is -2.17. The van der Waals surface area contributed by atoms with E-state index in [1.165, 1.54) is 6.20 Å². The van der Waals surface area contributed by atoms with Crippen LogP contribution < -0.4 is 5.32 Å². The summed E-state index contributed by atoms with van der Waals surface area (Å²) in [7, 11) is 0. The second-order valence-corrected chi connectivity index (χ2v) is 7.19. The van der Waals surface area contributed by atoms with Crippen molar-refractivity contribution in [2.45, 2.75) is 19.1 Å². The largest absolute Gasteiger partial charge is 0.456 e. The summed E-state index contributed by atoms with van der Waals surface area (Å²) in [6.07, 6.45) is 1.84. The summed E-state index contributed by atoms with van der Waals surface area (Å²) in [6, 6.07) is 26.8. The van der Waals surface area contributed by atoms with Crippen LogP contribution in [0.1, 0.15) is 21.7 Å². The van der Waals surface area contributed by atoms with Crippen molar-refractivity contribution in [2.24, 2.45) is 0 Å². The Labute approximate surface area is 185 Å². The zero-order valence-electron chi connectivity index (χ0n) is 17.3. The van der Waals surface area contributed by atoms with Crippen molar-refractivity contribution in [3.8, 4) is 11.5 Å². The third-order valence-corrected chi connectivity index (χ3v) is 4.84. The number of amides is 1. The van der Waals surface area contributed by atoms with Crippen molar-refractivity contribution < 1.29 is 18.7 Å². The molecule has 6 heteroatoms. The van der Waals surface area contributed by atoms with Crippen LogP contribution >= 0.6 is 0 Å². The molecule has 3 aromatic carbocycles. The molecule has 160 valence electrons. The standard InChI is InChI=1S/C26H22N2O4/c29-24(20-12-6-2-7-13-20)28-23(16-19-10-4-1-5-11-19)26(30)31-18-22-17-27-25(32-22)21-14-8-3-9-15-21/h1-15,17,23H,16,18H2,(H,28,29). The fourth-order valence-electron chi connectivity index (χ4n) is 3.21. The molecule has 0 aliphatic heterocycles. The van der Waals surface area contributed by atoms with Crippen molar-refractivity contribution in [3.05, 3.63) is 114 Å². The number of benzene rings is 3. The zero-order valence-corrected chi connectivity index (χ0v) is 17.3. The normalized spacial score (nSPS) is 11.5. The summed E-state index contributed by atoms with van der Waals surface area (Å²) in [5.41, 5.74) is 2.22. The van der Waals surface area contributed by atoms with Crippen LogP contribution in [0, 0.1) is 0 Å². The first kappa shape index (κ1) is 21.1. The molecule has 32 heavy (non-hydrogen) atoms. The molecule has 0 saturated carbocycles. The minimum Gasteiger partial charge on any atom is -0.456 e. The lowest BCUT2D eigenvalue weighted by molar-refractivity contribution is -0.147. The Morgan fingerprint density at radius 2 is 1.50 bits per heavy atom. The Kier molecular flexibility index (Phi) is 6.72. The average Bonchev–Trinajstić information content (AvgIpc) is 3.33. The summed E-state index contributed by atoms with van der Waals surface area (Å²) in [5, 5.41) is 2.79. The molecule has 0 aliphatic rings. The number of rotatable bonds is 8. The fourth-order valence-corrected chi connectivity index (χ4v) is 3.21. The SMILES string of the molecule is O=C(NC(Cc1ccccc1)C(=O)OCc1cnc(-c2ccccc2)o1)c1ccccc1. The van der Waals surface area contributed by atoms with Gasteiger partial charge in [0, 0.05) is 17.5 Å². The predicted molar refractivity (Wildman–Crippen MR) is 120 cm³/mol. The molecule has 1 aromatic heterocycles. The average molecular weight is 426 g/mol. The number of nitrogens with zero attached hydrogens (tertiary/aromatic N) is 1. The van der Waals surface area contributed by atoms with E-state index in [0.717, 1.165) is 11.1 Å². The molecule has 1 N–H and O–H groups in total. The topological polar surface area (TPSA) is 81.4 Å². The minimum absolute atomic E-state index is 0.0782. The fraction of sp³-hybridized carbons (Fsp3) is 0.115. The van der Waals surface area contributed by atoms with Gasteiger partial charge in [-0.3, -0.25) is 4.79 Å². The molecule has 1 amide bonds. The zero-order chi connectivity index (χ0) is 22.2. The third-order valence-electron chi connectivity index (χ3n) is 4.84. The van der Waals surface area contributed by atoms with Gasteiger partial charge in [-0.05, 0) is 29.8 Å². The molecule has 1 unspecified atom stereocenters. The molecule has 0 aliphatic carbocycles. The van der Waals surface area contributed by atoms with Gasteiger partial charge in [0.1, 0.15) is 6.04 Å². The molecule has 0 saturated heterocycles. The predicted octanol–water partition coefficient (Wildman–Crippen LogP) is 4.43. The van der Waals surface area contributed by atoms with Crippen molar-refractivity contribution in [1.82, 2.24) is 10.3 Å². The maximum atomic E-state index is 12.9. The molecule has 1 heterocycles. The van der Waals surface area contributed by atoms with Gasteiger partial charge >= 0.3 is 5.97 Å². The number of carbonyl (C=O) groups is 2. The minimum atomic E-state index is -0.846. The van der Waals surface area contributed by atoms with Crippen LogP contribution in [0.15, 0.2) is 102 Å². The van der Waals surface area contributed by atoms with Crippen molar-refractivity contribution in [2.75, 3.05) is 0 Å². The number of ether oxygens (including phenoxy) is 1. The molecule has 6 nitrogen and oxygen atoms in total. The Morgan fingerprint density at radius 3 is 2.19 bits per heavy atom. The summed E-state index contributed by atoms with van der Waals surface area (Å²) in [6.45, 7) is -0.0782. The molecule has 4 rings (SSSR count). The van der Waals surface area contributed by atoms with E-state index in [1.54, 1.807) is 24.3 Å². The van der Waals surface area contributed by atoms with Crippen LogP contribution in [0.2, 0.25) is 0 Å². The number of aromatic nitrogens is 1. The van der Waals surface area contributed by atoms with Gasteiger partial charge in [0.2, 0.25) is 5.89 Å². The van der Waals surface area contributed by atoms with Crippen LogP contribution in [0.4, 0.5) is 0 Å². The van der Waals surface area contributed by atoms with Gasteiger partial charge in [0.25, 0.3) is 5.91 Å². The van der Waals surface area contributed by atoms with E-state index < -0.39 is 12.0 Å². The molecule has 0 fully saturated rings. The van der Waals surface area contributed by atoms with Crippen molar-refractivity contribution >= 4 is 11.9 Å². The van der Waals surface area contributed by atoms with Gasteiger partial charge in [-0.15, -0.1) is 0 Å². The Balaban J connectivity index is 1.43. The lowest BCUT2D eigenvalue weighted by atomic mass is 10.1. The Morgan fingerprint density at radius 1 is 0.875 bits per heavy atom. The third kappa shape index (κ3) is 5.49. The molecular weight excluding hydrogens is 404 g/mol. The van der Waals surface area contributed by atoms with Crippen molar-refractivity contribution in [3.63, 3.8) is 0 Å². The van der Waals surface area contributed by atoms with Crippen LogP contribution in [-0.4, -0.2) is 22.9 Å². The lowest BCUT2D eigenvalue weighted by Crippen LogP contribution is -2.43. The summed E-state index contributed by atoms with van der Waals surface area (Å²) in [5.74, 6) is -0.00906. The van der Waals surface area contributed by atoms with E-state index in [1.807, 2.05) is 66.7 Å². The maximum absolute atomic E-state index is 12.9. The monoisotopic (exact) mass is 426 g/mol. The molecule has 0 radical (unpaired) electrons. The Bertz CT molecular complexity index is 1160. The van der Waals surface area contributed by atoms with E-state index in [9.17, 15) is 9.59 Å². The number of hydrogen-bond acceptors (Lipinski definition) is 5. The number of oxazole rings is 1. The van der Waals surface area contributed by atoms with Crippen molar-refractivity contribution in [1.29, 1.82) is 0 Å². The Hall–Kier alpha value is -4.19. The van der Waals surface area contributed by atoms with Gasteiger partial charge in [-0.1, -0.05) is 66.7 Å². The molecular formula is C26H22N2O4. The second-order valence-electron chi connectivity index (χ2n) is 7.19. The first-order chi connectivity index (χ1) is 15.7. The highest BCUT2D eigenvalue weighted by molar-refractivity contribution is 5.96. The quantitative estimate of drug-likeness (QED) is 0.422. The van der Waals surface area contributed by atoms with Crippen LogP contribution in [0.3, 0.4) is 0 Å². The van der Waals surface area contributed by atoms with Crippen LogP contribution in [0.5, 0.6) is 0 Å². The molecule has 0 spiro atoms. The first-order valence-electron chi connectivity index (χ1n) is 10.3. The van der Waals surface area contributed by atoms with Gasteiger partial charge in [-0.2, -0.15) is 0 Å². The number of esters is 1. The highest BCUT2D eigenvalue weighted by Crippen LogP contribution is 2.19. The summed E-state index contributed by atoms with van der Waals surface area (Å²) < 4.78 is 11.2. The van der Waals surface area contributed by atoms with E-state index in [2.05, 4.69) is 10.3 Å². The number of nitrogens with one attached hydrogen (secondary N) is 1. The van der Waals surface area contributed by atoms with E-state index in [0.29, 0.717) is 23.6 Å². The van der Waals surface area contributed by atoms with Gasteiger partial charge < -0.3 is 14.5 Å². The van der Waals surface area contributed by atoms with Crippen LogP contribution in [-0.2, 0) is 22.6 Å². The molecule has 1 atom stereocenters. The second kappa shape index (κ2) is 10.2. The van der Waals surface area contributed by atoms with Gasteiger partial charge in [0.15, 0.2) is 12.4 Å². The van der Waals surface area contributed by atoms with E-state index in [-0.39, 0.29) is 12.5 Å². The van der Waals surface area contributed by atoms with Crippen LogP contribution in [0.25, 0.3) is 11.5 Å². The number of hydrogen-bond donors (Lipinski definition) is 1. The molecule has 0 bridgehead atoms. The molecule has 4 aromatic rings. The van der Waals surface area contributed by atoms with E-state index >= 15 is 0 Å². The first-order valence-corrected chi connectivity index (χ1v) is 10.3. The number of carbonyl (C=O) groups excluding carboxylic acids is 2. The summed E-state index contributed by atoms with van der Waals surface area (Å²) in [4.78, 5) is 29.7.